The molecule has 1 aliphatic rings. The maximum atomic E-state index is 13.0. The first-order chi connectivity index (χ1) is 14.2. The highest BCUT2D eigenvalue weighted by Gasteiger charge is 2.26. The largest absolute Gasteiger partial charge is 0.286 e. The van der Waals surface area contributed by atoms with Crippen LogP contribution in [-0.2, 0) is 4.79 Å². The number of amides is 1. The van der Waals surface area contributed by atoms with E-state index in [9.17, 15) is 4.79 Å². The highest BCUT2D eigenvalue weighted by Crippen LogP contribution is 2.27. The summed E-state index contributed by atoms with van der Waals surface area (Å²) >= 11 is 0. The lowest BCUT2D eigenvalue weighted by Gasteiger charge is -2.29. The summed E-state index contributed by atoms with van der Waals surface area (Å²) < 4.78 is 0. The predicted molar refractivity (Wildman–Crippen MR) is 117 cm³/mol. The highest BCUT2D eigenvalue weighted by molar-refractivity contribution is 6.02. The summed E-state index contributed by atoms with van der Waals surface area (Å²) in [6.07, 6.45) is 0.792. The summed E-state index contributed by atoms with van der Waals surface area (Å²) in [5.74, 6) is 0.0234. The molecule has 0 unspecified atom stereocenters. The van der Waals surface area contributed by atoms with Gasteiger partial charge in [-0.1, -0.05) is 91.0 Å². The van der Waals surface area contributed by atoms with E-state index in [1.165, 1.54) is 11.1 Å². The van der Waals surface area contributed by atoms with E-state index in [4.69, 9.17) is 0 Å². The zero-order valence-corrected chi connectivity index (χ0v) is 16.6. The molecule has 29 heavy (non-hydrogen) atoms. The fourth-order valence-corrected chi connectivity index (χ4v) is 3.83. The predicted octanol–water partition coefficient (Wildman–Crippen LogP) is 4.34. The Morgan fingerprint density at radius 3 is 1.97 bits per heavy atom. The zero-order chi connectivity index (χ0) is 20.1. The zero-order valence-electron chi connectivity index (χ0n) is 16.6. The average Bonchev–Trinajstić information content (AvgIpc) is 3.27. The number of likely N-dealkylation sites (N-methyl/N-ethyl adjacent to an activating group) is 1. The molecule has 1 amide bonds. The second kappa shape index (κ2) is 8.84. The van der Waals surface area contributed by atoms with E-state index in [1.54, 1.807) is 5.01 Å². The molecule has 0 bridgehead atoms. The Kier molecular flexibility index (Phi) is 5.82. The van der Waals surface area contributed by atoms with Crippen molar-refractivity contribution in [3.8, 4) is 0 Å². The van der Waals surface area contributed by atoms with E-state index in [0.29, 0.717) is 13.1 Å². The van der Waals surface area contributed by atoms with Gasteiger partial charge in [-0.05, 0) is 23.7 Å². The smallest absolute Gasteiger partial charge is 0.256 e. The first kappa shape index (κ1) is 19.1. The molecule has 4 nitrogen and oxygen atoms in total. The van der Waals surface area contributed by atoms with E-state index in [-0.39, 0.29) is 11.9 Å². The van der Waals surface area contributed by atoms with Crippen LogP contribution < -0.4 is 0 Å². The van der Waals surface area contributed by atoms with Crippen molar-refractivity contribution in [2.24, 2.45) is 5.10 Å². The van der Waals surface area contributed by atoms with Crippen molar-refractivity contribution in [1.29, 1.82) is 0 Å². The Morgan fingerprint density at radius 2 is 1.41 bits per heavy atom. The Bertz CT molecular complexity index is 931. The van der Waals surface area contributed by atoms with Crippen molar-refractivity contribution >= 4 is 11.6 Å². The quantitative estimate of drug-likeness (QED) is 0.635. The molecule has 4 heteroatoms. The monoisotopic (exact) mass is 383 g/mol. The summed E-state index contributed by atoms with van der Waals surface area (Å²) in [4.78, 5) is 15.1. The summed E-state index contributed by atoms with van der Waals surface area (Å²) in [5.41, 5.74) is 4.40. The summed E-state index contributed by atoms with van der Waals surface area (Å²) in [6.45, 7) is 0.943. The van der Waals surface area contributed by atoms with Crippen LogP contribution in [0.3, 0.4) is 0 Å². The molecular weight excluding hydrogens is 358 g/mol. The summed E-state index contributed by atoms with van der Waals surface area (Å²) in [7, 11) is 2.00. The number of carbonyl (C=O) groups is 1. The third kappa shape index (κ3) is 4.44. The lowest BCUT2D eigenvalue weighted by atomic mass is 9.97. The third-order valence-corrected chi connectivity index (χ3v) is 5.25. The second-order valence-electron chi connectivity index (χ2n) is 7.32. The number of carbonyl (C=O) groups excluding carboxylic acids is 1. The maximum absolute atomic E-state index is 13.0. The highest BCUT2D eigenvalue weighted by atomic mass is 16.2. The molecule has 0 radical (unpaired) electrons. The van der Waals surface area contributed by atoms with Gasteiger partial charge in [0.2, 0.25) is 0 Å². The number of hydrogen-bond acceptors (Lipinski definition) is 3. The van der Waals surface area contributed by atoms with Crippen molar-refractivity contribution in [2.75, 3.05) is 20.1 Å². The molecule has 0 saturated heterocycles. The van der Waals surface area contributed by atoms with Crippen molar-refractivity contribution in [3.05, 3.63) is 108 Å². The van der Waals surface area contributed by atoms with Crippen molar-refractivity contribution in [1.82, 2.24) is 9.91 Å². The van der Waals surface area contributed by atoms with Gasteiger partial charge in [-0.25, -0.2) is 5.01 Å². The number of hydrazone groups is 1. The molecule has 0 spiro atoms. The topological polar surface area (TPSA) is 35.9 Å². The van der Waals surface area contributed by atoms with Crippen LogP contribution in [0.4, 0.5) is 0 Å². The van der Waals surface area contributed by atoms with Gasteiger partial charge in [0.05, 0.1) is 24.8 Å². The van der Waals surface area contributed by atoms with E-state index < -0.39 is 0 Å². The molecule has 0 saturated carbocycles. The Morgan fingerprint density at radius 1 is 0.897 bits per heavy atom. The van der Waals surface area contributed by atoms with Crippen LogP contribution in [0.1, 0.15) is 29.2 Å². The fourth-order valence-electron chi connectivity index (χ4n) is 3.83. The van der Waals surface area contributed by atoms with Gasteiger partial charge in [-0.2, -0.15) is 5.10 Å². The van der Waals surface area contributed by atoms with E-state index in [2.05, 4.69) is 34.3 Å². The molecular formula is C25H25N3O. The number of benzene rings is 3. The first-order valence-corrected chi connectivity index (χ1v) is 9.96. The van der Waals surface area contributed by atoms with Crippen LogP contribution in [0.25, 0.3) is 0 Å². The van der Waals surface area contributed by atoms with Gasteiger partial charge in [0.15, 0.2) is 0 Å². The SMILES string of the molecule is CN(CC(=O)N1CCC(c2ccccc2)=N1)C(c1ccccc1)c1ccccc1. The van der Waals surface area contributed by atoms with Gasteiger partial charge in [0, 0.05) is 6.42 Å². The molecule has 146 valence electrons. The minimum absolute atomic E-state index is 0.0153. The van der Waals surface area contributed by atoms with Crippen LogP contribution >= 0.6 is 0 Å². The third-order valence-electron chi connectivity index (χ3n) is 5.25. The Balaban J connectivity index is 1.51. The maximum Gasteiger partial charge on any atom is 0.256 e. The normalized spacial score (nSPS) is 13.8. The van der Waals surface area contributed by atoms with Crippen LogP contribution in [0.5, 0.6) is 0 Å². The van der Waals surface area contributed by atoms with E-state index in [0.717, 1.165) is 17.7 Å². The molecule has 4 rings (SSSR count). The van der Waals surface area contributed by atoms with Crippen LogP contribution in [0.2, 0.25) is 0 Å². The van der Waals surface area contributed by atoms with Gasteiger partial charge in [-0.15, -0.1) is 0 Å². The van der Waals surface area contributed by atoms with Crippen molar-refractivity contribution in [3.63, 3.8) is 0 Å². The van der Waals surface area contributed by atoms with E-state index in [1.807, 2.05) is 73.8 Å². The number of nitrogens with zero attached hydrogens (tertiary/aromatic N) is 3. The average molecular weight is 383 g/mol. The molecule has 0 fully saturated rings. The molecule has 0 aromatic heterocycles. The number of hydrogen-bond donors (Lipinski definition) is 0. The van der Waals surface area contributed by atoms with Crippen molar-refractivity contribution in [2.45, 2.75) is 12.5 Å². The molecule has 0 atom stereocenters. The molecule has 3 aromatic carbocycles. The van der Waals surface area contributed by atoms with Gasteiger partial charge in [0.1, 0.15) is 0 Å². The molecule has 3 aromatic rings. The van der Waals surface area contributed by atoms with Gasteiger partial charge >= 0.3 is 0 Å². The van der Waals surface area contributed by atoms with E-state index >= 15 is 0 Å². The molecule has 1 heterocycles. The van der Waals surface area contributed by atoms with Gasteiger partial charge in [-0.3, -0.25) is 9.69 Å². The van der Waals surface area contributed by atoms with Crippen LogP contribution in [-0.4, -0.2) is 41.7 Å². The summed E-state index contributed by atoms with van der Waals surface area (Å²) in [5, 5.41) is 6.21. The fraction of sp³-hybridized carbons (Fsp3) is 0.200. The van der Waals surface area contributed by atoms with Crippen molar-refractivity contribution < 1.29 is 4.79 Å². The van der Waals surface area contributed by atoms with Gasteiger partial charge in [0.25, 0.3) is 5.91 Å². The Labute approximate surface area is 172 Å². The molecule has 0 aliphatic carbocycles. The summed E-state index contributed by atoms with van der Waals surface area (Å²) in [6, 6.07) is 30.7. The lowest BCUT2D eigenvalue weighted by molar-refractivity contribution is -0.132. The minimum atomic E-state index is 0.0153. The standard InChI is InChI=1S/C25H25N3O/c1-27(25(21-13-7-3-8-14-21)22-15-9-4-10-16-22)19-24(29)28-18-17-23(26-28)20-11-5-2-6-12-20/h2-16,25H,17-19H2,1H3. The number of rotatable bonds is 6. The van der Waals surface area contributed by atoms with Gasteiger partial charge < -0.3 is 0 Å². The Hall–Kier alpha value is -3.24. The van der Waals surface area contributed by atoms with Crippen LogP contribution in [0.15, 0.2) is 96.1 Å². The first-order valence-electron chi connectivity index (χ1n) is 9.96. The van der Waals surface area contributed by atoms with Crippen LogP contribution in [0, 0.1) is 0 Å². The lowest BCUT2D eigenvalue weighted by Crippen LogP contribution is -2.37. The minimum Gasteiger partial charge on any atom is -0.286 e. The molecule has 1 aliphatic heterocycles. The second-order valence-corrected chi connectivity index (χ2v) is 7.32. The molecule has 0 N–H and O–H groups in total.